The Morgan fingerprint density at radius 3 is 2.77 bits per heavy atom. The Labute approximate surface area is 178 Å². The highest BCUT2D eigenvalue weighted by molar-refractivity contribution is 5.94. The van der Waals surface area contributed by atoms with Crippen molar-refractivity contribution in [2.45, 2.75) is 32.5 Å². The van der Waals surface area contributed by atoms with Gasteiger partial charge in [-0.3, -0.25) is 9.69 Å². The summed E-state index contributed by atoms with van der Waals surface area (Å²) in [6.07, 6.45) is 0.666. The molecule has 1 atom stereocenters. The fourth-order valence-electron chi connectivity index (χ4n) is 3.76. The molecule has 1 aliphatic rings. The molecule has 31 heavy (non-hydrogen) atoms. The zero-order valence-corrected chi connectivity index (χ0v) is 17.1. The van der Waals surface area contributed by atoms with Crippen molar-refractivity contribution in [3.8, 4) is 5.75 Å². The first-order chi connectivity index (χ1) is 14.9. The summed E-state index contributed by atoms with van der Waals surface area (Å²) in [4.78, 5) is 14.7. The number of aromatic nitrogens is 3. The van der Waals surface area contributed by atoms with Crippen molar-refractivity contribution in [2.75, 3.05) is 13.1 Å². The summed E-state index contributed by atoms with van der Waals surface area (Å²) in [6, 6.07) is 9.48. The number of amides is 1. The minimum absolute atomic E-state index is 0.271. The van der Waals surface area contributed by atoms with Gasteiger partial charge in [-0.05, 0) is 31.2 Å². The van der Waals surface area contributed by atoms with Crippen molar-refractivity contribution in [3.63, 3.8) is 0 Å². The topological polar surface area (TPSA) is 83.3 Å². The van der Waals surface area contributed by atoms with Crippen molar-refractivity contribution >= 4 is 5.91 Å². The third-order valence-electron chi connectivity index (χ3n) is 5.44. The second-order valence-corrected chi connectivity index (χ2v) is 7.60. The molecule has 1 aromatic heterocycles. The van der Waals surface area contributed by atoms with Crippen LogP contribution in [0.1, 0.15) is 40.5 Å². The van der Waals surface area contributed by atoms with E-state index in [1.165, 1.54) is 0 Å². The lowest BCUT2D eigenvalue weighted by Gasteiger charge is -2.20. The second kappa shape index (κ2) is 8.81. The van der Waals surface area contributed by atoms with E-state index in [0.29, 0.717) is 31.9 Å². The summed E-state index contributed by atoms with van der Waals surface area (Å²) in [7, 11) is 0. The number of hydrogen-bond acceptors (Lipinski definition) is 5. The fourth-order valence-corrected chi connectivity index (χ4v) is 3.76. The van der Waals surface area contributed by atoms with E-state index in [1.54, 1.807) is 19.1 Å². The molecule has 1 amide bonds. The van der Waals surface area contributed by atoms with Crippen LogP contribution in [0.3, 0.4) is 0 Å². The fraction of sp³-hybridized carbons (Fsp3) is 0.318. The van der Waals surface area contributed by atoms with Crippen LogP contribution >= 0.6 is 0 Å². The summed E-state index contributed by atoms with van der Waals surface area (Å²) in [6.45, 7) is 4.43. The van der Waals surface area contributed by atoms with Crippen molar-refractivity contribution in [2.24, 2.45) is 0 Å². The number of carbonyl (C=O) groups is 1. The van der Waals surface area contributed by atoms with Gasteiger partial charge < -0.3 is 15.0 Å². The number of carbonyl (C=O) groups excluding carboxylic acids is 1. The molecule has 0 saturated heterocycles. The molecule has 0 saturated carbocycles. The van der Waals surface area contributed by atoms with Crippen LogP contribution in [0.15, 0.2) is 42.5 Å². The van der Waals surface area contributed by atoms with E-state index >= 15 is 0 Å². The molecule has 7 nitrogen and oxygen atoms in total. The molecule has 1 unspecified atom stereocenters. The maximum atomic E-state index is 13.9. The number of nitrogens with one attached hydrogen (secondary N) is 1. The molecule has 0 aliphatic carbocycles. The molecule has 3 aromatic rings. The number of benzene rings is 2. The van der Waals surface area contributed by atoms with Crippen LogP contribution in [-0.2, 0) is 19.5 Å². The lowest BCUT2D eigenvalue weighted by molar-refractivity contribution is 0.0933. The summed E-state index contributed by atoms with van der Waals surface area (Å²) in [5.74, 6) is -0.548. The SMILES string of the molecule is CC(NC(=O)c1cc(F)ccc1F)c1nnc2n1CCN(Cc1ccccc1O)CC2. The number of aromatic hydroxyl groups is 1. The predicted molar refractivity (Wildman–Crippen MR) is 109 cm³/mol. The normalized spacial score (nSPS) is 15.2. The molecule has 1 aliphatic heterocycles. The first-order valence-electron chi connectivity index (χ1n) is 10.1. The smallest absolute Gasteiger partial charge is 0.254 e. The van der Waals surface area contributed by atoms with E-state index in [9.17, 15) is 18.7 Å². The van der Waals surface area contributed by atoms with E-state index in [4.69, 9.17) is 0 Å². The van der Waals surface area contributed by atoms with Crippen LogP contribution in [0.4, 0.5) is 8.78 Å². The van der Waals surface area contributed by atoms with Crippen LogP contribution in [0.5, 0.6) is 5.75 Å². The molecular formula is C22H23F2N5O2. The summed E-state index contributed by atoms with van der Waals surface area (Å²) in [5, 5.41) is 21.2. The molecule has 0 bridgehead atoms. The van der Waals surface area contributed by atoms with E-state index in [-0.39, 0.29) is 11.3 Å². The van der Waals surface area contributed by atoms with E-state index in [1.807, 2.05) is 16.7 Å². The minimum atomic E-state index is -0.786. The van der Waals surface area contributed by atoms with Crippen LogP contribution < -0.4 is 5.32 Å². The van der Waals surface area contributed by atoms with Crippen LogP contribution in [0.25, 0.3) is 0 Å². The van der Waals surface area contributed by atoms with Crippen molar-refractivity contribution in [1.29, 1.82) is 0 Å². The lowest BCUT2D eigenvalue weighted by atomic mass is 10.1. The maximum Gasteiger partial charge on any atom is 0.254 e. The highest BCUT2D eigenvalue weighted by Crippen LogP contribution is 2.21. The first-order valence-corrected chi connectivity index (χ1v) is 10.1. The second-order valence-electron chi connectivity index (χ2n) is 7.60. The van der Waals surface area contributed by atoms with E-state index < -0.39 is 23.6 Å². The molecule has 0 spiro atoms. The van der Waals surface area contributed by atoms with Gasteiger partial charge in [-0.15, -0.1) is 10.2 Å². The van der Waals surface area contributed by atoms with Gasteiger partial charge in [0.1, 0.15) is 23.2 Å². The zero-order valence-electron chi connectivity index (χ0n) is 17.1. The zero-order chi connectivity index (χ0) is 22.0. The van der Waals surface area contributed by atoms with Gasteiger partial charge in [0.25, 0.3) is 5.91 Å². The molecule has 0 radical (unpaired) electrons. The lowest BCUT2D eigenvalue weighted by Crippen LogP contribution is -2.30. The Hall–Kier alpha value is -3.33. The van der Waals surface area contributed by atoms with Gasteiger partial charge >= 0.3 is 0 Å². The van der Waals surface area contributed by atoms with Gasteiger partial charge in [0.15, 0.2) is 5.82 Å². The summed E-state index contributed by atoms with van der Waals surface area (Å²) >= 11 is 0. The van der Waals surface area contributed by atoms with Crippen molar-refractivity contribution in [1.82, 2.24) is 25.0 Å². The number of rotatable bonds is 5. The summed E-state index contributed by atoms with van der Waals surface area (Å²) < 4.78 is 29.3. The van der Waals surface area contributed by atoms with Gasteiger partial charge in [-0.1, -0.05) is 18.2 Å². The van der Waals surface area contributed by atoms with E-state index in [2.05, 4.69) is 20.4 Å². The highest BCUT2D eigenvalue weighted by Gasteiger charge is 2.24. The maximum absolute atomic E-state index is 13.9. The number of phenols is 1. The molecule has 0 fully saturated rings. The molecule has 4 rings (SSSR count). The van der Waals surface area contributed by atoms with Gasteiger partial charge in [0, 0.05) is 38.2 Å². The quantitative estimate of drug-likeness (QED) is 0.654. The molecule has 2 aromatic carbocycles. The predicted octanol–water partition coefficient (Wildman–Crippen LogP) is 2.81. The highest BCUT2D eigenvalue weighted by atomic mass is 19.1. The Morgan fingerprint density at radius 1 is 1.16 bits per heavy atom. The molecule has 2 N–H and O–H groups in total. The standard InChI is InChI=1S/C22H23F2N5O2/c1-14(25-22(31)17-12-16(23)6-7-18(17)24)21-27-26-20-8-9-28(10-11-29(20)21)13-15-4-2-3-5-19(15)30/h2-7,12,14,30H,8-11,13H2,1H3,(H,25,31). The van der Waals surface area contributed by atoms with Gasteiger partial charge in [-0.25, -0.2) is 8.78 Å². The third-order valence-corrected chi connectivity index (χ3v) is 5.44. The molecule has 2 heterocycles. The summed E-state index contributed by atoms with van der Waals surface area (Å²) in [5.41, 5.74) is 0.509. The number of nitrogens with zero attached hydrogens (tertiary/aromatic N) is 4. The number of hydrogen-bond donors (Lipinski definition) is 2. The Morgan fingerprint density at radius 2 is 1.97 bits per heavy atom. The number of halogens is 2. The molecular weight excluding hydrogens is 404 g/mol. The number of para-hydroxylation sites is 1. The Balaban J connectivity index is 1.45. The van der Waals surface area contributed by atoms with Crippen LogP contribution in [0, 0.1) is 11.6 Å². The van der Waals surface area contributed by atoms with Gasteiger partial charge in [0.05, 0.1) is 11.6 Å². The van der Waals surface area contributed by atoms with Gasteiger partial charge in [-0.2, -0.15) is 0 Å². The van der Waals surface area contributed by atoms with Crippen molar-refractivity contribution in [3.05, 3.63) is 76.9 Å². The Bertz CT molecular complexity index is 1100. The van der Waals surface area contributed by atoms with Crippen molar-refractivity contribution < 1.29 is 18.7 Å². The Kier molecular flexibility index (Phi) is 5.94. The van der Waals surface area contributed by atoms with Crippen LogP contribution in [0.2, 0.25) is 0 Å². The third kappa shape index (κ3) is 4.56. The monoisotopic (exact) mass is 427 g/mol. The van der Waals surface area contributed by atoms with E-state index in [0.717, 1.165) is 36.1 Å². The molecule has 162 valence electrons. The first kappa shape index (κ1) is 20.9. The average Bonchev–Trinajstić information content (AvgIpc) is 3.06. The average molecular weight is 427 g/mol. The largest absolute Gasteiger partial charge is 0.508 e. The van der Waals surface area contributed by atoms with Crippen LogP contribution in [-0.4, -0.2) is 43.8 Å². The number of fused-ring (bicyclic) bond motifs is 1. The minimum Gasteiger partial charge on any atom is -0.508 e. The van der Waals surface area contributed by atoms with Gasteiger partial charge in [0.2, 0.25) is 0 Å². The number of phenolic OH excluding ortho intramolecular Hbond substituents is 1. The molecule has 9 heteroatoms.